The van der Waals surface area contributed by atoms with Gasteiger partial charge in [0.1, 0.15) is 0 Å². The lowest BCUT2D eigenvalue weighted by atomic mass is 10.1. The van der Waals surface area contributed by atoms with Crippen LogP contribution in [-0.2, 0) is 4.79 Å². The van der Waals surface area contributed by atoms with Crippen molar-refractivity contribution in [3.8, 4) is 17.1 Å². The maximum absolute atomic E-state index is 12.3. The SMILES string of the molecule is CCCCCCSc1nnc2c(n1)O[C@@H](CC)N(C(C)=O)c1ccccc1-2. The number of fused-ring (bicyclic) bond motifs is 3. The highest BCUT2D eigenvalue weighted by Gasteiger charge is 2.32. The summed E-state index contributed by atoms with van der Waals surface area (Å²) in [5, 5.41) is 9.31. The fourth-order valence-corrected chi connectivity index (χ4v) is 3.94. The van der Waals surface area contributed by atoms with E-state index in [1.165, 1.54) is 19.3 Å². The third-order valence-electron chi connectivity index (χ3n) is 4.51. The minimum Gasteiger partial charge on any atom is -0.451 e. The number of carbonyl (C=O) groups excluding carboxylic acids is 1. The van der Waals surface area contributed by atoms with E-state index in [0.717, 1.165) is 23.4 Å². The Labute approximate surface area is 164 Å². The minimum absolute atomic E-state index is 0.0689. The molecule has 0 N–H and O–H groups in total. The van der Waals surface area contributed by atoms with E-state index < -0.39 is 6.23 Å². The summed E-state index contributed by atoms with van der Waals surface area (Å²) in [6, 6.07) is 7.68. The first kappa shape index (κ1) is 19.6. The van der Waals surface area contributed by atoms with Crippen LogP contribution in [0.4, 0.5) is 5.69 Å². The van der Waals surface area contributed by atoms with E-state index in [-0.39, 0.29) is 5.91 Å². The second kappa shape index (κ2) is 9.17. The van der Waals surface area contributed by atoms with Gasteiger partial charge in [0.2, 0.25) is 16.9 Å². The van der Waals surface area contributed by atoms with Crippen LogP contribution >= 0.6 is 11.8 Å². The van der Waals surface area contributed by atoms with E-state index in [0.29, 0.717) is 23.2 Å². The van der Waals surface area contributed by atoms with E-state index in [1.54, 1.807) is 23.6 Å². The van der Waals surface area contributed by atoms with Gasteiger partial charge in [-0.05, 0) is 12.5 Å². The van der Waals surface area contributed by atoms with E-state index in [1.807, 2.05) is 31.2 Å². The molecule has 3 rings (SSSR count). The van der Waals surface area contributed by atoms with Gasteiger partial charge in [0.05, 0.1) is 5.69 Å². The minimum atomic E-state index is -0.413. The second-order valence-electron chi connectivity index (χ2n) is 6.54. The number of hydrogen-bond donors (Lipinski definition) is 0. The molecule has 0 spiro atoms. The number of carbonyl (C=O) groups is 1. The fourth-order valence-electron chi connectivity index (χ4n) is 3.16. The van der Waals surface area contributed by atoms with Crippen molar-refractivity contribution in [2.45, 2.75) is 64.3 Å². The van der Waals surface area contributed by atoms with Gasteiger partial charge in [-0.3, -0.25) is 9.69 Å². The number of aromatic nitrogens is 3. The third-order valence-corrected chi connectivity index (χ3v) is 5.43. The molecule has 7 heteroatoms. The van der Waals surface area contributed by atoms with E-state index in [9.17, 15) is 4.79 Å². The van der Waals surface area contributed by atoms with Crippen molar-refractivity contribution in [1.82, 2.24) is 15.2 Å². The highest BCUT2D eigenvalue weighted by molar-refractivity contribution is 7.99. The quantitative estimate of drug-likeness (QED) is 0.508. The Morgan fingerprint density at radius 1 is 1.19 bits per heavy atom. The Morgan fingerprint density at radius 3 is 2.74 bits per heavy atom. The summed E-state index contributed by atoms with van der Waals surface area (Å²) in [5.41, 5.74) is 2.19. The third kappa shape index (κ3) is 4.40. The van der Waals surface area contributed by atoms with Crippen LogP contribution in [-0.4, -0.2) is 33.1 Å². The lowest BCUT2D eigenvalue weighted by Crippen LogP contribution is -2.42. The highest BCUT2D eigenvalue weighted by atomic mass is 32.2. The lowest BCUT2D eigenvalue weighted by Gasteiger charge is -2.28. The molecule has 1 aromatic carbocycles. The summed E-state index contributed by atoms with van der Waals surface area (Å²) in [6.07, 6.45) is 5.07. The average Bonchev–Trinajstić information content (AvgIpc) is 2.81. The van der Waals surface area contributed by atoms with Crippen molar-refractivity contribution in [3.05, 3.63) is 24.3 Å². The van der Waals surface area contributed by atoms with Crippen molar-refractivity contribution >= 4 is 23.4 Å². The van der Waals surface area contributed by atoms with E-state index in [4.69, 9.17) is 4.74 Å². The van der Waals surface area contributed by atoms with Crippen molar-refractivity contribution < 1.29 is 9.53 Å². The molecule has 1 atom stereocenters. The molecule has 1 aromatic heterocycles. The van der Waals surface area contributed by atoms with Crippen molar-refractivity contribution in [2.24, 2.45) is 0 Å². The monoisotopic (exact) mass is 386 g/mol. The van der Waals surface area contributed by atoms with Gasteiger partial charge < -0.3 is 4.74 Å². The van der Waals surface area contributed by atoms with Gasteiger partial charge >= 0.3 is 0 Å². The number of hydrogen-bond acceptors (Lipinski definition) is 6. The van der Waals surface area contributed by atoms with Gasteiger partial charge in [0.15, 0.2) is 11.9 Å². The van der Waals surface area contributed by atoms with Gasteiger partial charge in [-0.25, -0.2) is 0 Å². The molecule has 1 aliphatic rings. The Bertz CT molecular complexity index is 799. The van der Waals surface area contributed by atoms with E-state index >= 15 is 0 Å². The predicted molar refractivity (Wildman–Crippen MR) is 108 cm³/mol. The molecule has 0 bridgehead atoms. The zero-order valence-corrected chi connectivity index (χ0v) is 17.0. The molecule has 0 aliphatic carbocycles. The summed E-state index contributed by atoms with van der Waals surface area (Å²) in [5.74, 6) is 1.35. The molecule has 144 valence electrons. The van der Waals surface area contributed by atoms with Gasteiger partial charge in [-0.2, -0.15) is 4.98 Å². The normalized spacial score (nSPS) is 15.5. The fraction of sp³-hybridized carbons (Fsp3) is 0.500. The van der Waals surface area contributed by atoms with Gasteiger partial charge in [0.25, 0.3) is 0 Å². The molecule has 0 radical (unpaired) electrons. The molecule has 27 heavy (non-hydrogen) atoms. The van der Waals surface area contributed by atoms with Gasteiger partial charge in [-0.1, -0.05) is 63.1 Å². The summed E-state index contributed by atoms with van der Waals surface area (Å²) >= 11 is 1.60. The molecule has 2 heterocycles. The topological polar surface area (TPSA) is 68.2 Å². The summed E-state index contributed by atoms with van der Waals surface area (Å²) in [6.45, 7) is 5.75. The second-order valence-corrected chi connectivity index (χ2v) is 7.61. The lowest BCUT2D eigenvalue weighted by molar-refractivity contribution is -0.118. The van der Waals surface area contributed by atoms with Gasteiger partial charge in [-0.15, -0.1) is 10.2 Å². The zero-order valence-electron chi connectivity index (χ0n) is 16.1. The molecular weight excluding hydrogens is 360 g/mol. The van der Waals surface area contributed by atoms with Crippen LogP contribution in [0.15, 0.2) is 29.4 Å². The molecule has 0 unspecified atom stereocenters. The summed E-state index contributed by atoms with van der Waals surface area (Å²) in [4.78, 5) is 18.6. The molecule has 0 saturated heterocycles. The highest BCUT2D eigenvalue weighted by Crippen LogP contribution is 2.39. The van der Waals surface area contributed by atoms with Gasteiger partial charge in [0, 0.05) is 24.7 Å². The smallest absolute Gasteiger partial charge is 0.247 e. The Morgan fingerprint density at radius 2 is 2.00 bits per heavy atom. The Kier molecular flexibility index (Phi) is 6.66. The number of benzene rings is 1. The molecular formula is C20H26N4O2S. The molecule has 6 nitrogen and oxygen atoms in total. The van der Waals surface area contributed by atoms with E-state index in [2.05, 4.69) is 22.1 Å². The molecule has 1 amide bonds. The largest absolute Gasteiger partial charge is 0.451 e. The standard InChI is InChI=1S/C20H26N4O2S/c1-4-6-7-10-13-27-20-21-19-18(22-23-20)15-11-8-9-12-16(15)24(14(3)25)17(5-2)26-19/h8-9,11-12,17H,4-7,10,13H2,1-3H3/t17-/m0/s1. The maximum Gasteiger partial charge on any atom is 0.247 e. The van der Waals surface area contributed by atoms with Crippen LogP contribution < -0.4 is 9.64 Å². The number of para-hydroxylation sites is 1. The summed E-state index contributed by atoms with van der Waals surface area (Å²) in [7, 11) is 0. The van der Waals surface area contributed by atoms with Crippen molar-refractivity contribution in [2.75, 3.05) is 10.7 Å². The first-order valence-corrected chi connectivity index (χ1v) is 10.6. The molecule has 2 aromatic rings. The van der Waals surface area contributed by atoms with Crippen LogP contribution in [0.2, 0.25) is 0 Å². The van der Waals surface area contributed by atoms with Crippen LogP contribution in [0.3, 0.4) is 0 Å². The number of anilines is 1. The average molecular weight is 387 g/mol. The molecule has 0 fully saturated rings. The number of rotatable bonds is 7. The zero-order chi connectivity index (χ0) is 19.2. The first-order valence-electron chi connectivity index (χ1n) is 9.59. The molecule has 0 saturated carbocycles. The van der Waals surface area contributed by atoms with Crippen LogP contribution in [0.1, 0.15) is 52.9 Å². The predicted octanol–water partition coefficient (Wildman–Crippen LogP) is 4.69. The Balaban J connectivity index is 1.91. The maximum atomic E-state index is 12.3. The number of unbranched alkanes of at least 4 members (excludes halogenated alkanes) is 3. The number of ether oxygens (including phenoxy) is 1. The van der Waals surface area contributed by atoms with Crippen molar-refractivity contribution in [1.29, 1.82) is 0 Å². The number of nitrogens with zero attached hydrogens (tertiary/aromatic N) is 4. The summed E-state index contributed by atoms with van der Waals surface area (Å²) < 4.78 is 6.13. The number of amides is 1. The molecule has 1 aliphatic heterocycles. The van der Waals surface area contributed by atoms with Crippen LogP contribution in [0, 0.1) is 0 Å². The van der Waals surface area contributed by atoms with Crippen molar-refractivity contribution in [3.63, 3.8) is 0 Å². The van der Waals surface area contributed by atoms with Crippen LogP contribution in [0.5, 0.6) is 5.88 Å². The Hall–Kier alpha value is -2.15. The first-order chi connectivity index (χ1) is 13.2. The number of thioether (sulfide) groups is 1. The van der Waals surface area contributed by atoms with Crippen LogP contribution in [0.25, 0.3) is 11.3 Å².